The van der Waals surface area contributed by atoms with Crippen LogP contribution >= 0.6 is 15.9 Å². The van der Waals surface area contributed by atoms with Crippen molar-refractivity contribution in [2.45, 2.75) is 32.2 Å². The zero-order valence-electron chi connectivity index (χ0n) is 11.3. The van der Waals surface area contributed by atoms with E-state index in [1.165, 1.54) is 6.07 Å². The zero-order valence-corrected chi connectivity index (χ0v) is 12.9. The van der Waals surface area contributed by atoms with E-state index in [0.717, 1.165) is 31.4 Å². The van der Waals surface area contributed by atoms with E-state index in [1.54, 1.807) is 13.2 Å². The van der Waals surface area contributed by atoms with Crippen LogP contribution in [0.1, 0.15) is 37.8 Å². The quantitative estimate of drug-likeness (QED) is 0.568. The first kappa shape index (κ1) is 16.5. The lowest BCUT2D eigenvalue weighted by atomic mass is 10.0. The molecule has 0 radical (unpaired) electrons. The van der Waals surface area contributed by atoms with Crippen molar-refractivity contribution in [3.63, 3.8) is 0 Å². The van der Waals surface area contributed by atoms with E-state index in [1.807, 2.05) is 0 Å². The standard InChI is InChI=1S/C14H20BrF2NO/c1-3-8-18-12(5-4-9-19-2)10-6-7-11(16)14(17)13(10)15/h6-7,12,18H,3-5,8-9H2,1-2H3. The summed E-state index contributed by atoms with van der Waals surface area (Å²) in [5.74, 6) is -1.66. The van der Waals surface area contributed by atoms with Crippen molar-refractivity contribution in [1.82, 2.24) is 5.32 Å². The van der Waals surface area contributed by atoms with E-state index in [0.29, 0.717) is 6.61 Å². The van der Waals surface area contributed by atoms with Crippen molar-refractivity contribution in [3.8, 4) is 0 Å². The molecule has 0 fully saturated rings. The van der Waals surface area contributed by atoms with Crippen molar-refractivity contribution in [1.29, 1.82) is 0 Å². The van der Waals surface area contributed by atoms with E-state index in [4.69, 9.17) is 4.74 Å². The Morgan fingerprint density at radius 2 is 2.11 bits per heavy atom. The molecule has 0 spiro atoms. The Hall–Kier alpha value is -0.520. The molecule has 1 aromatic carbocycles. The molecule has 0 aliphatic heterocycles. The molecule has 19 heavy (non-hydrogen) atoms. The van der Waals surface area contributed by atoms with Crippen LogP contribution in [0.4, 0.5) is 8.78 Å². The van der Waals surface area contributed by atoms with Crippen LogP contribution in [0.3, 0.4) is 0 Å². The highest BCUT2D eigenvalue weighted by Gasteiger charge is 2.18. The summed E-state index contributed by atoms with van der Waals surface area (Å²) in [6.07, 6.45) is 2.67. The fourth-order valence-electron chi connectivity index (χ4n) is 1.93. The van der Waals surface area contributed by atoms with Gasteiger partial charge in [-0.15, -0.1) is 0 Å². The van der Waals surface area contributed by atoms with Crippen molar-refractivity contribution < 1.29 is 13.5 Å². The summed E-state index contributed by atoms with van der Waals surface area (Å²) >= 11 is 3.15. The maximum atomic E-state index is 13.6. The summed E-state index contributed by atoms with van der Waals surface area (Å²) in [6.45, 7) is 3.56. The number of ether oxygens (including phenoxy) is 1. The van der Waals surface area contributed by atoms with Crippen LogP contribution in [0.5, 0.6) is 0 Å². The van der Waals surface area contributed by atoms with Gasteiger partial charge in [0.1, 0.15) is 0 Å². The summed E-state index contributed by atoms with van der Waals surface area (Å²) in [4.78, 5) is 0. The van der Waals surface area contributed by atoms with E-state index in [-0.39, 0.29) is 10.5 Å². The lowest BCUT2D eigenvalue weighted by molar-refractivity contribution is 0.188. The minimum Gasteiger partial charge on any atom is -0.385 e. The molecule has 0 aliphatic rings. The third kappa shape index (κ3) is 4.82. The highest BCUT2D eigenvalue weighted by molar-refractivity contribution is 9.10. The lowest BCUT2D eigenvalue weighted by Crippen LogP contribution is -2.23. The second-order valence-corrected chi connectivity index (χ2v) is 5.20. The molecule has 108 valence electrons. The number of halogens is 3. The van der Waals surface area contributed by atoms with Crippen molar-refractivity contribution in [2.75, 3.05) is 20.3 Å². The van der Waals surface area contributed by atoms with Gasteiger partial charge in [-0.3, -0.25) is 0 Å². The van der Waals surface area contributed by atoms with Gasteiger partial charge in [-0.2, -0.15) is 0 Å². The van der Waals surface area contributed by atoms with E-state index < -0.39 is 11.6 Å². The highest BCUT2D eigenvalue weighted by atomic mass is 79.9. The van der Waals surface area contributed by atoms with Gasteiger partial charge in [0.15, 0.2) is 11.6 Å². The molecular formula is C14H20BrF2NO. The number of nitrogens with one attached hydrogen (secondary N) is 1. The topological polar surface area (TPSA) is 21.3 Å². The first-order valence-electron chi connectivity index (χ1n) is 6.47. The first-order valence-corrected chi connectivity index (χ1v) is 7.26. The van der Waals surface area contributed by atoms with Crippen LogP contribution in [0.2, 0.25) is 0 Å². The first-order chi connectivity index (χ1) is 9.11. The molecule has 5 heteroatoms. The number of hydrogen-bond donors (Lipinski definition) is 1. The van der Waals surface area contributed by atoms with Gasteiger partial charge in [0.05, 0.1) is 4.47 Å². The predicted molar refractivity (Wildman–Crippen MR) is 76.2 cm³/mol. The minimum atomic E-state index is -0.832. The molecule has 1 N–H and O–H groups in total. The maximum absolute atomic E-state index is 13.6. The summed E-state index contributed by atoms with van der Waals surface area (Å²) in [6, 6.07) is 2.80. The average molecular weight is 336 g/mol. The predicted octanol–water partition coefficient (Wildman–Crippen LogP) is 4.19. The lowest BCUT2D eigenvalue weighted by Gasteiger charge is -2.20. The molecule has 0 aliphatic carbocycles. The van der Waals surface area contributed by atoms with E-state index in [9.17, 15) is 8.78 Å². The Morgan fingerprint density at radius 1 is 1.37 bits per heavy atom. The molecule has 0 amide bonds. The summed E-state index contributed by atoms with van der Waals surface area (Å²) in [7, 11) is 1.65. The average Bonchev–Trinajstić information content (AvgIpc) is 2.41. The molecule has 1 atom stereocenters. The molecule has 0 heterocycles. The van der Waals surface area contributed by atoms with Gasteiger partial charge >= 0.3 is 0 Å². The van der Waals surface area contributed by atoms with Crippen molar-refractivity contribution in [2.24, 2.45) is 0 Å². The Labute approximate surface area is 121 Å². The summed E-state index contributed by atoms with van der Waals surface area (Å²) < 4.78 is 32.0. The third-order valence-electron chi connectivity index (χ3n) is 2.92. The number of benzene rings is 1. The van der Waals surface area contributed by atoms with Crippen LogP contribution in [0, 0.1) is 11.6 Å². The normalized spacial score (nSPS) is 12.7. The molecule has 2 nitrogen and oxygen atoms in total. The van der Waals surface area contributed by atoms with Gasteiger partial charge in [0.25, 0.3) is 0 Å². The number of hydrogen-bond acceptors (Lipinski definition) is 2. The van der Waals surface area contributed by atoms with Gasteiger partial charge in [0, 0.05) is 19.8 Å². The molecule has 1 aromatic rings. The van der Waals surface area contributed by atoms with Crippen molar-refractivity contribution >= 4 is 15.9 Å². The zero-order chi connectivity index (χ0) is 14.3. The fourth-order valence-corrected chi connectivity index (χ4v) is 2.53. The van der Waals surface area contributed by atoms with E-state index in [2.05, 4.69) is 28.2 Å². The van der Waals surface area contributed by atoms with Crippen molar-refractivity contribution in [3.05, 3.63) is 33.8 Å². The van der Waals surface area contributed by atoms with Gasteiger partial charge < -0.3 is 10.1 Å². The van der Waals surface area contributed by atoms with Crippen LogP contribution in [-0.4, -0.2) is 20.3 Å². The van der Waals surface area contributed by atoms with E-state index >= 15 is 0 Å². The molecule has 0 bridgehead atoms. The third-order valence-corrected chi connectivity index (χ3v) is 3.73. The molecular weight excluding hydrogens is 316 g/mol. The maximum Gasteiger partial charge on any atom is 0.173 e. The number of rotatable bonds is 8. The Bertz CT molecular complexity index is 401. The van der Waals surface area contributed by atoms with Gasteiger partial charge in [-0.05, 0) is 53.4 Å². The second-order valence-electron chi connectivity index (χ2n) is 4.41. The molecule has 1 unspecified atom stereocenters. The molecule has 0 aromatic heterocycles. The van der Waals surface area contributed by atoms with Crippen LogP contribution in [0.15, 0.2) is 16.6 Å². The Kier molecular flexibility index (Phi) is 7.49. The van der Waals surface area contributed by atoms with Gasteiger partial charge in [0.2, 0.25) is 0 Å². The summed E-state index contributed by atoms with van der Waals surface area (Å²) in [5.41, 5.74) is 0.753. The fraction of sp³-hybridized carbons (Fsp3) is 0.571. The molecule has 0 saturated carbocycles. The van der Waals surface area contributed by atoms with Gasteiger partial charge in [-0.25, -0.2) is 8.78 Å². The molecule has 0 saturated heterocycles. The molecule has 1 rings (SSSR count). The minimum absolute atomic E-state index is 0.000394. The largest absolute Gasteiger partial charge is 0.385 e. The summed E-state index contributed by atoms with van der Waals surface area (Å²) in [5, 5.41) is 3.36. The second kappa shape index (κ2) is 8.61. The van der Waals surface area contributed by atoms with Gasteiger partial charge in [-0.1, -0.05) is 13.0 Å². The highest BCUT2D eigenvalue weighted by Crippen LogP contribution is 2.30. The number of methoxy groups -OCH3 is 1. The SMILES string of the molecule is CCCNC(CCCOC)c1ccc(F)c(F)c1Br. The van der Waals surface area contributed by atoms with Crippen LogP contribution in [-0.2, 0) is 4.74 Å². The van der Waals surface area contributed by atoms with Crippen LogP contribution < -0.4 is 5.32 Å². The monoisotopic (exact) mass is 335 g/mol. The Balaban J connectivity index is 2.86. The Morgan fingerprint density at radius 3 is 2.74 bits per heavy atom. The van der Waals surface area contributed by atoms with Crippen LogP contribution in [0.25, 0.3) is 0 Å². The smallest absolute Gasteiger partial charge is 0.173 e.